The maximum Gasteiger partial charge on any atom is 0.407 e. The Morgan fingerprint density at radius 3 is 2.70 bits per heavy atom. The monoisotopic (exact) mass is 426 g/mol. The Morgan fingerprint density at radius 2 is 2.00 bits per heavy atom. The van der Waals surface area contributed by atoms with Gasteiger partial charge < -0.3 is 19.6 Å². The van der Waals surface area contributed by atoms with Gasteiger partial charge in [-0.1, -0.05) is 50.6 Å². The normalized spacial score (nSPS) is 24.9. The van der Waals surface area contributed by atoms with Gasteiger partial charge in [0.1, 0.15) is 12.4 Å². The molecule has 3 heterocycles. The van der Waals surface area contributed by atoms with Gasteiger partial charge in [-0.05, 0) is 41.2 Å². The molecule has 1 N–H and O–H groups in total. The van der Waals surface area contributed by atoms with Crippen molar-refractivity contribution < 1.29 is 14.6 Å². The second kappa shape index (κ2) is 6.81. The van der Waals surface area contributed by atoms with Crippen molar-refractivity contribution in [1.29, 1.82) is 0 Å². The van der Waals surface area contributed by atoms with Crippen LogP contribution in [0.15, 0.2) is 36.4 Å². The van der Waals surface area contributed by atoms with Gasteiger partial charge in [0.2, 0.25) is 0 Å². The molecule has 5 rings (SSSR count). The molecule has 0 spiro atoms. The lowest BCUT2D eigenvalue weighted by atomic mass is 9.83. The number of carbonyl (C=O) groups is 1. The van der Waals surface area contributed by atoms with Gasteiger partial charge in [0.15, 0.2) is 0 Å². The highest BCUT2D eigenvalue weighted by Crippen LogP contribution is 2.55. The molecule has 3 aliphatic heterocycles. The number of likely N-dealkylation sites (tertiary alicyclic amines) is 1. The molecule has 3 aliphatic rings. The molecule has 0 bridgehead atoms. The van der Waals surface area contributed by atoms with Gasteiger partial charge in [-0.25, -0.2) is 4.79 Å². The van der Waals surface area contributed by atoms with Gasteiger partial charge in [-0.2, -0.15) is 0 Å². The summed E-state index contributed by atoms with van der Waals surface area (Å²) in [5, 5.41) is 10.3. The van der Waals surface area contributed by atoms with Crippen molar-refractivity contribution in [3.8, 4) is 16.9 Å². The van der Waals surface area contributed by atoms with Gasteiger partial charge in [0.05, 0.1) is 11.7 Å². The summed E-state index contributed by atoms with van der Waals surface area (Å²) in [6.45, 7) is 8.49. The molecule has 3 atom stereocenters. The number of piperidine rings is 1. The van der Waals surface area contributed by atoms with E-state index in [1.807, 2.05) is 24.3 Å². The highest BCUT2D eigenvalue weighted by atomic mass is 35.5. The molecule has 5 nitrogen and oxygen atoms in total. The van der Waals surface area contributed by atoms with E-state index in [0.29, 0.717) is 30.8 Å². The number of nitrogens with zero attached hydrogens (tertiary/aromatic N) is 2. The number of halogens is 1. The van der Waals surface area contributed by atoms with Crippen molar-refractivity contribution in [3.63, 3.8) is 0 Å². The predicted octanol–water partition coefficient (Wildman–Crippen LogP) is 5.47. The van der Waals surface area contributed by atoms with E-state index in [1.165, 1.54) is 5.56 Å². The number of fused-ring (bicyclic) bond motifs is 3. The van der Waals surface area contributed by atoms with E-state index >= 15 is 0 Å². The first kappa shape index (κ1) is 19.6. The number of anilines is 1. The maximum atomic E-state index is 11.7. The van der Waals surface area contributed by atoms with E-state index in [9.17, 15) is 9.90 Å². The lowest BCUT2D eigenvalue weighted by Gasteiger charge is -2.48. The smallest absolute Gasteiger partial charge is 0.407 e. The second-order valence-corrected chi connectivity index (χ2v) is 10.1. The molecule has 30 heavy (non-hydrogen) atoms. The predicted molar refractivity (Wildman–Crippen MR) is 119 cm³/mol. The van der Waals surface area contributed by atoms with E-state index in [0.717, 1.165) is 29.0 Å². The zero-order valence-corrected chi connectivity index (χ0v) is 18.3. The molecule has 158 valence electrons. The average molecular weight is 427 g/mol. The summed E-state index contributed by atoms with van der Waals surface area (Å²) >= 11 is 6.50. The summed E-state index contributed by atoms with van der Waals surface area (Å²) < 4.78 is 6.32. The number of rotatable bonds is 1. The highest BCUT2D eigenvalue weighted by molar-refractivity contribution is 6.33. The minimum Gasteiger partial charge on any atom is -0.489 e. The number of carboxylic acid groups (broad SMARTS) is 1. The van der Waals surface area contributed by atoms with Crippen LogP contribution in [0.2, 0.25) is 5.02 Å². The molecule has 0 aliphatic carbocycles. The van der Waals surface area contributed by atoms with Crippen molar-refractivity contribution in [2.24, 2.45) is 5.41 Å². The number of hydrogen-bond acceptors (Lipinski definition) is 3. The van der Waals surface area contributed by atoms with Crippen LogP contribution in [0, 0.1) is 5.41 Å². The van der Waals surface area contributed by atoms with E-state index in [1.54, 1.807) is 4.90 Å². The molecule has 1 saturated heterocycles. The van der Waals surface area contributed by atoms with Crippen molar-refractivity contribution in [2.75, 3.05) is 24.6 Å². The highest BCUT2D eigenvalue weighted by Gasteiger charge is 2.51. The third-order valence-electron chi connectivity index (χ3n) is 6.88. The summed E-state index contributed by atoms with van der Waals surface area (Å²) in [6.07, 6.45) is -0.00606. The Kier molecular flexibility index (Phi) is 4.44. The Bertz CT molecular complexity index is 1020. The Labute approximate surface area is 182 Å². The second-order valence-electron chi connectivity index (χ2n) is 9.68. The summed E-state index contributed by atoms with van der Waals surface area (Å²) in [7, 11) is 0. The van der Waals surface area contributed by atoms with E-state index in [-0.39, 0.29) is 17.4 Å². The molecule has 2 aromatic rings. The SMILES string of the molecule is CC(C)(C)C1COc2cc(-c3ccccc3Cl)cc3c2N1[C@H]1CCN(C(=O)O)C[C@@H]31. The van der Waals surface area contributed by atoms with Crippen LogP contribution in [-0.2, 0) is 0 Å². The van der Waals surface area contributed by atoms with Crippen LogP contribution in [0.5, 0.6) is 5.75 Å². The third kappa shape index (κ3) is 2.94. The number of hydrogen-bond donors (Lipinski definition) is 1. The average Bonchev–Trinajstić information content (AvgIpc) is 3.02. The fraction of sp³-hybridized carbons (Fsp3) is 0.458. The van der Waals surface area contributed by atoms with Crippen molar-refractivity contribution in [2.45, 2.75) is 45.2 Å². The maximum absolute atomic E-state index is 11.7. The number of ether oxygens (including phenoxy) is 1. The van der Waals surface area contributed by atoms with Crippen LogP contribution < -0.4 is 9.64 Å². The third-order valence-corrected chi connectivity index (χ3v) is 7.21. The summed E-state index contributed by atoms with van der Waals surface area (Å²) in [5.74, 6) is 1.02. The first-order chi connectivity index (χ1) is 14.3. The van der Waals surface area contributed by atoms with Crippen LogP contribution in [0.1, 0.15) is 38.7 Å². The molecule has 2 aromatic carbocycles. The molecular formula is C24H27ClN2O3. The van der Waals surface area contributed by atoms with Gasteiger partial charge in [0, 0.05) is 35.6 Å². The molecule has 0 aromatic heterocycles. The van der Waals surface area contributed by atoms with E-state index < -0.39 is 6.09 Å². The van der Waals surface area contributed by atoms with Crippen molar-refractivity contribution in [3.05, 3.63) is 47.0 Å². The van der Waals surface area contributed by atoms with Gasteiger partial charge in [-0.3, -0.25) is 0 Å². The molecule has 0 saturated carbocycles. The number of amides is 1. The zero-order valence-electron chi connectivity index (χ0n) is 17.6. The Hall–Kier alpha value is -2.40. The molecule has 0 radical (unpaired) electrons. The van der Waals surface area contributed by atoms with Gasteiger partial charge in [-0.15, -0.1) is 0 Å². The van der Waals surface area contributed by atoms with Crippen LogP contribution >= 0.6 is 11.6 Å². The lowest BCUT2D eigenvalue weighted by Crippen LogP contribution is -2.56. The van der Waals surface area contributed by atoms with Crippen molar-refractivity contribution >= 4 is 23.4 Å². The van der Waals surface area contributed by atoms with Crippen LogP contribution in [0.25, 0.3) is 11.1 Å². The van der Waals surface area contributed by atoms with Gasteiger partial charge >= 0.3 is 6.09 Å². The quantitative estimate of drug-likeness (QED) is 0.656. The fourth-order valence-electron chi connectivity index (χ4n) is 5.37. The van der Waals surface area contributed by atoms with Crippen LogP contribution in [0.3, 0.4) is 0 Å². The number of benzene rings is 2. The van der Waals surface area contributed by atoms with Gasteiger partial charge in [0.25, 0.3) is 0 Å². The molecule has 1 amide bonds. The zero-order chi connectivity index (χ0) is 21.2. The van der Waals surface area contributed by atoms with E-state index in [4.69, 9.17) is 16.3 Å². The first-order valence-corrected chi connectivity index (χ1v) is 11.0. The van der Waals surface area contributed by atoms with Crippen LogP contribution in [-0.4, -0.2) is 47.9 Å². The fourth-order valence-corrected chi connectivity index (χ4v) is 5.62. The summed E-state index contributed by atoms with van der Waals surface area (Å²) in [4.78, 5) is 15.8. The molecule has 6 heteroatoms. The topological polar surface area (TPSA) is 53.0 Å². The Balaban J connectivity index is 1.67. The summed E-state index contributed by atoms with van der Waals surface area (Å²) in [6, 6.07) is 12.7. The standard InChI is InChI=1S/C24H27ClN2O3/c1-24(2,3)21-13-30-20-11-14(15-6-4-5-7-18(15)25)10-16-17-12-26(23(28)29)9-8-19(17)27(21)22(16)20/h4-7,10-11,17,19,21H,8-9,12-13H2,1-3H3,(H,28,29)/t17-,19-,21?/m0/s1. The van der Waals surface area contributed by atoms with Crippen molar-refractivity contribution in [1.82, 2.24) is 4.90 Å². The Morgan fingerprint density at radius 1 is 1.23 bits per heavy atom. The minimum atomic E-state index is -0.838. The lowest BCUT2D eigenvalue weighted by molar-refractivity contribution is 0.119. The molecular weight excluding hydrogens is 400 g/mol. The van der Waals surface area contributed by atoms with E-state index in [2.05, 4.69) is 37.8 Å². The minimum absolute atomic E-state index is 0.0508. The van der Waals surface area contributed by atoms with Crippen LogP contribution in [0.4, 0.5) is 10.5 Å². The molecule has 1 unspecified atom stereocenters. The largest absolute Gasteiger partial charge is 0.489 e. The first-order valence-electron chi connectivity index (χ1n) is 10.6. The molecule has 1 fully saturated rings. The summed E-state index contributed by atoms with van der Waals surface area (Å²) in [5.41, 5.74) is 4.39.